The summed E-state index contributed by atoms with van der Waals surface area (Å²) in [4.78, 5) is 28.0. The Labute approximate surface area is 367 Å². The first-order valence-electron chi connectivity index (χ1n) is 21.5. The first kappa shape index (κ1) is 53.8. The summed E-state index contributed by atoms with van der Waals surface area (Å²) in [5.41, 5.74) is 9.79. The summed E-state index contributed by atoms with van der Waals surface area (Å²) >= 11 is 0. The zero-order valence-corrected chi connectivity index (χ0v) is 42.5. The van der Waals surface area contributed by atoms with Crippen molar-refractivity contribution in [2.45, 2.75) is 209 Å². The van der Waals surface area contributed by atoms with Crippen LogP contribution in [-0.4, -0.2) is 34.9 Å². The first-order chi connectivity index (χ1) is 26.9. The smallest absolute Gasteiger partial charge is 0.181 e. The van der Waals surface area contributed by atoms with E-state index < -0.39 is 0 Å². The van der Waals surface area contributed by atoms with Crippen LogP contribution in [0.25, 0.3) is 0 Å². The fourth-order valence-electron chi connectivity index (χ4n) is 6.26. The number of hydrogen-bond donors (Lipinski definition) is 1. The molecule has 5 rings (SSSR count). The van der Waals surface area contributed by atoms with E-state index in [2.05, 4.69) is 213 Å². The zero-order valence-electron chi connectivity index (χ0n) is 42.5. The normalized spacial score (nSPS) is 12.7. The van der Waals surface area contributed by atoms with Gasteiger partial charge in [-0.1, -0.05) is 172 Å². The van der Waals surface area contributed by atoms with Gasteiger partial charge < -0.3 is 9.40 Å². The van der Waals surface area contributed by atoms with Crippen LogP contribution in [0.15, 0.2) is 78.8 Å². The molecule has 0 saturated carbocycles. The van der Waals surface area contributed by atoms with E-state index in [1.807, 2.05) is 30.9 Å². The average Bonchev–Trinajstić information content (AvgIpc) is 3.84. The molecular formula is C52H85N7O. The lowest BCUT2D eigenvalue weighted by molar-refractivity contribution is 0.392. The number of rotatable bonds is 0. The van der Waals surface area contributed by atoms with Gasteiger partial charge in [-0.15, -0.1) is 0 Å². The highest BCUT2D eigenvalue weighted by molar-refractivity contribution is 5.35. The maximum atomic E-state index is 5.44. The van der Waals surface area contributed by atoms with E-state index in [9.17, 15) is 0 Å². The second kappa shape index (κ2) is 20.6. The molecule has 0 fully saturated rings. The lowest BCUT2D eigenvalue weighted by atomic mass is 9.76. The number of hydrogen-bond acceptors (Lipinski definition) is 7. The minimum Gasteiger partial charge on any atom is -0.448 e. The Hall–Kier alpha value is -4.20. The predicted octanol–water partition coefficient (Wildman–Crippen LogP) is 14.1. The minimum absolute atomic E-state index is 0.0408. The van der Waals surface area contributed by atoms with Crippen molar-refractivity contribution in [3.05, 3.63) is 120 Å². The lowest BCUT2D eigenvalue weighted by Crippen LogP contribution is -2.23. The van der Waals surface area contributed by atoms with Crippen molar-refractivity contribution in [1.29, 1.82) is 0 Å². The van der Waals surface area contributed by atoms with Crippen LogP contribution < -0.4 is 0 Å². The largest absolute Gasteiger partial charge is 0.448 e. The van der Waals surface area contributed by atoms with Gasteiger partial charge in [0.15, 0.2) is 6.39 Å². The van der Waals surface area contributed by atoms with Crippen LogP contribution in [0.4, 0.5) is 0 Å². The molecule has 0 saturated heterocycles. The van der Waals surface area contributed by atoms with Gasteiger partial charge in [0.25, 0.3) is 0 Å². The minimum atomic E-state index is 0.0408. The maximum Gasteiger partial charge on any atom is 0.181 e. The standard InChI is InChI=1S/2C13H21N.C12H20N2.C11H19NO.C3H4N2/c1-12(2,3)10-7-8-14-9-11(10)13(4,5)6;1-12(2,3)10-8-7-9-14-11(10)13(4,5)6;1-11(2,3)9-7-13-8-14-10(9)12(4,5)6;1-10(2,3)8-9(11(4,5)6)13-7-12-8;1-2-5-3-4-1/h2*7-9H,1-6H3;7-8H,1-6H3;7H,1-6H3;1-3H,(H,4,5). The number of nitrogens with zero attached hydrogens (tertiary/aromatic N) is 6. The molecule has 5 aromatic heterocycles. The molecule has 334 valence electrons. The van der Waals surface area contributed by atoms with Crippen molar-refractivity contribution < 1.29 is 4.42 Å². The van der Waals surface area contributed by atoms with E-state index >= 15 is 0 Å². The van der Waals surface area contributed by atoms with Gasteiger partial charge in [-0.3, -0.25) is 9.97 Å². The van der Waals surface area contributed by atoms with E-state index in [0.29, 0.717) is 0 Å². The molecule has 0 aliphatic heterocycles. The van der Waals surface area contributed by atoms with Gasteiger partial charge in [-0.25, -0.2) is 19.9 Å². The average molecular weight is 824 g/mol. The van der Waals surface area contributed by atoms with Gasteiger partial charge in [0.05, 0.1) is 17.7 Å². The molecule has 0 amide bonds. The molecule has 0 atom stereocenters. The van der Waals surface area contributed by atoms with Crippen molar-refractivity contribution in [3.8, 4) is 0 Å². The van der Waals surface area contributed by atoms with Crippen molar-refractivity contribution >= 4 is 0 Å². The van der Waals surface area contributed by atoms with Crippen molar-refractivity contribution in [1.82, 2.24) is 34.9 Å². The Morgan fingerprint density at radius 2 is 0.883 bits per heavy atom. The third kappa shape index (κ3) is 17.8. The molecule has 0 aliphatic rings. The summed E-state index contributed by atoms with van der Waals surface area (Å²) in [5.74, 6) is 1.00. The highest BCUT2D eigenvalue weighted by atomic mass is 16.3. The number of aromatic amines is 1. The highest BCUT2D eigenvalue weighted by Gasteiger charge is 2.30. The molecule has 0 bridgehead atoms. The Morgan fingerprint density at radius 3 is 1.22 bits per heavy atom. The van der Waals surface area contributed by atoms with Crippen molar-refractivity contribution in [3.63, 3.8) is 0 Å². The predicted molar refractivity (Wildman–Crippen MR) is 255 cm³/mol. The van der Waals surface area contributed by atoms with Crippen LogP contribution in [0.2, 0.25) is 0 Å². The fourth-order valence-corrected chi connectivity index (χ4v) is 6.26. The molecule has 60 heavy (non-hydrogen) atoms. The Bertz CT molecular complexity index is 1660. The molecule has 5 heterocycles. The first-order valence-corrected chi connectivity index (χ1v) is 21.5. The molecule has 8 nitrogen and oxygen atoms in total. The fraction of sp³-hybridized carbons (Fsp3) is 0.615. The summed E-state index contributed by atoms with van der Waals surface area (Å²) in [6, 6.07) is 6.35. The number of pyridine rings is 2. The number of oxazole rings is 1. The van der Waals surface area contributed by atoms with Gasteiger partial charge in [-0.05, 0) is 56.0 Å². The topological polar surface area (TPSA) is 106 Å². The second-order valence-corrected chi connectivity index (χ2v) is 23.9. The molecule has 0 radical (unpaired) electrons. The molecular weight excluding hydrogens is 739 g/mol. The van der Waals surface area contributed by atoms with E-state index in [1.54, 1.807) is 31.4 Å². The van der Waals surface area contributed by atoms with Gasteiger partial charge >= 0.3 is 0 Å². The van der Waals surface area contributed by atoms with Crippen LogP contribution in [-0.2, 0) is 43.3 Å². The van der Waals surface area contributed by atoms with E-state index in [4.69, 9.17) is 4.42 Å². The summed E-state index contributed by atoms with van der Waals surface area (Å²) in [6.45, 7) is 52.8. The lowest BCUT2D eigenvalue weighted by Gasteiger charge is -2.29. The molecule has 0 unspecified atom stereocenters. The summed E-state index contributed by atoms with van der Waals surface area (Å²) < 4.78 is 5.44. The molecule has 8 heteroatoms. The molecule has 5 aromatic rings. The number of aromatic nitrogens is 7. The number of imidazole rings is 1. The zero-order chi connectivity index (χ0) is 46.8. The molecule has 0 aromatic carbocycles. The van der Waals surface area contributed by atoms with Crippen LogP contribution in [0, 0.1) is 0 Å². The van der Waals surface area contributed by atoms with E-state index in [1.165, 1.54) is 27.9 Å². The molecule has 0 spiro atoms. The summed E-state index contributed by atoms with van der Waals surface area (Å²) in [6.07, 6.45) is 16.0. The Balaban J connectivity index is 0.000000384. The van der Waals surface area contributed by atoms with E-state index in [0.717, 1.165) is 17.1 Å². The van der Waals surface area contributed by atoms with Gasteiger partial charge in [0.1, 0.15) is 12.1 Å². The number of nitrogens with one attached hydrogen (secondary N) is 1. The van der Waals surface area contributed by atoms with Crippen LogP contribution in [0.5, 0.6) is 0 Å². The SMILES string of the molecule is CC(C)(C)c1cccnc1C(C)(C)C.CC(C)(C)c1ccncc1C(C)(C)C.CC(C)(C)c1cncnc1C(C)(C)C.CC(C)(C)c1ncoc1C(C)(C)C.c1c[nH]cn1. The van der Waals surface area contributed by atoms with Gasteiger partial charge in [0, 0.05) is 64.5 Å². The summed E-state index contributed by atoms with van der Waals surface area (Å²) in [5, 5.41) is 0. The van der Waals surface area contributed by atoms with Gasteiger partial charge in [-0.2, -0.15) is 0 Å². The quantitative estimate of drug-likeness (QED) is 0.166. The molecule has 0 aliphatic carbocycles. The van der Waals surface area contributed by atoms with Crippen LogP contribution in [0.1, 0.15) is 211 Å². The Kier molecular flexibility index (Phi) is 18.5. The third-order valence-corrected chi connectivity index (χ3v) is 9.36. The van der Waals surface area contributed by atoms with Crippen LogP contribution in [0.3, 0.4) is 0 Å². The van der Waals surface area contributed by atoms with Crippen molar-refractivity contribution in [2.24, 2.45) is 0 Å². The summed E-state index contributed by atoms with van der Waals surface area (Å²) in [7, 11) is 0. The second-order valence-electron chi connectivity index (χ2n) is 23.9. The Morgan fingerprint density at radius 1 is 0.400 bits per heavy atom. The highest BCUT2D eigenvalue weighted by Crippen LogP contribution is 2.35. The third-order valence-electron chi connectivity index (χ3n) is 9.36. The van der Waals surface area contributed by atoms with E-state index in [-0.39, 0.29) is 43.3 Å². The molecule has 1 N–H and O–H groups in total. The monoisotopic (exact) mass is 824 g/mol. The number of H-pyrrole nitrogens is 1. The van der Waals surface area contributed by atoms with Crippen LogP contribution >= 0.6 is 0 Å². The van der Waals surface area contributed by atoms with Crippen molar-refractivity contribution in [2.75, 3.05) is 0 Å². The van der Waals surface area contributed by atoms with Gasteiger partial charge in [0.2, 0.25) is 0 Å². The maximum absolute atomic E-state index is 5.44.